The Labute approximate surface area is 102 Å². The van der Waals surface area contributed by atoms with Crippen LogP contribution in [-0.2, 0) is 11.2 Å². The molecule has 0 radical (unpaired) electrons. The normalized spacial score (nSPS) is 19.2. The second-order valence-corrected chi connectivity index (χ2v) is 4.37. The molecule has 0 saturated carbocycles. The largest absolute Gasteiger partial charge is 0.471 e. The van der Waals surface area contributed by atoms with E-state index >= 15 is 0 Å². The molecular weight excluding hydrogens is 245 g/mol. The van der Waals surface area contributed by atoms with Crippen LogP contribution in [0.1, 0.15) is 30.0 Å². The molecule has 3 N–H and O–H groups in total. The SMILES string of the molecule is Nc1ccc2c(c1)CCCC2NC(=O)C(F)(F)F. The Hall–Kier alpha value is -1.72. The number of amides is 1. The number of carbonyl (C=O) groups excluding carboxylic acids is 1. The Morgan fingerprint density at radius 3 is 2.78 bits per heavy atom. The van der Waals surface area contributed by atoms with Gasteiger partial charge in [-0.2, -0.15) is 13.2 Å². The third-order valence-electron chi connectivity index (χ3n) is 3.04. The fourth-order valence-electron chi connectivity index (χ4n) is 2.22. The third-order valence-corrected chi connectivity index (χ3v) is 3.04. The van der Waals surface area contributed by atoms with Gasteiger partial charge in [0.15, 0.2) is 0 Å². The summed E-state index contributed by atoms with van der Waals surface area (Å²) in [5, 5.41) is 2.03. The van der Waals surface area contributed by atoms with Crippen molar-refractivity contribution >= 4 is 11.6 Å². The van der Waals surface area contributed by atoms with Crippen molar-refractivity contribution in [2.45, 2.75) is 31.5 Å². The van der Waals surface area contributed by atoms with Crippen molar-refractivity contribution in [1.82, 2.24) is 5.32 Å². The van der Waals surface area contributed by atoms with E-state index in [1.807, 2.05) is 5.32 Å². The van der Waals surface area contributed by atoms with E-state index in [2.05, 4.69) is 0 Å². The first-order valence-corrected chi connectivity index (χ1v) is 5.64. The number of nitrogen functional groups attached to an aromatic ring is 1. The first-order valence-electron chi connectivity index (χ1n) is 5.64. The molecule has 0 saturated heterocycles. The van der Waals surface area contributed by atoms with Crippen molar-refractivity contribution in [1.29, 1.82) is 0 Å². The molecule has 1 aromatic rings. The van der Waals surface area contributed by atoms with Crippen LogP contribution < -0.4 is 11.1 Å². The highest BCUT2D eigenvalue weighted by molar-refractivity contribution is 5.82. The van der Waals surface area contributed by atoms with Crippen LogP contribution in [0.15, 0.2) is 18.2 Å². The zero-order valence-electron chi connectivity index (χ0n) is 9.55. The van der Waals surface area contributed by atoms with E-state index in [9.17, 15) is 18.0 Å². The van der Waals surface area contributed by atoms with Crippen LogP contribution in [0.4, 0.5) is 18.9 Å². The number of alkyl halides is 3. The van der Waals surface area contributed by atoms with Gasteiger partial charge < -0.3 is 11.1 Å². The topological polar surface area (TPSA) is 55.1 Å². The Balaban J connectivity index is 2.21. The lowest BCUT2D eigenvalue weighted by Gasteiger charge is -2.27. The molecule has 1 amide bonds. The molecule has 1 aromatic carbocycles. The number of hydrogen-bond donors (Lipinski definition) is 2. The molecule has 0 aliphatic heterocycles. The van der Waals surface area contributed by atoms with Crippen LogP contribution in [0.2, 0.25) is 0 Å². The Bertz CT molecular complexity index is 471. The quantitative estimate of drug-likeness (QED) is 0.759. The molecule has 0 bridgehead atoms. The first kappa shape index (κ1) is 12.7. The van der Waals surface area contributed by atoms with Gasteiger partial charge in [-0.15, -0.1) is 0 Å². The van der Waals surface area contributed by atoms with Gasteiger partial charge in [0.1, 0.15) is 0 Å². The summed E-state index contributed by atoms with van der Waals surface area (Å²) in [5.41, 5.74) is 7.85. The highest BCUT2D eigenvalue weighted by Crippen LogP contribution is 2.31. The predicted octanol–water partition coefficient (Wildman–Crippen LogP) is 2.32. The molecule has 98 valence electrons. The fourth-order valence-corrected chi connectivity index (χ4v) is 2.22. The summed E-state index contributed by atoms with van der Waals surface area (Å²) in [6.07, 6.45) is -2.82. The van der Waals surface area contributed by atoms with Crippen LogP contribution in [0.25, 0.3) is 0 Å². The average molecular weight is 258 g/mol. The monoisotopic (exact) mass is 258 g/mol. The third kappa shape index (κ3) is 2.57. The van der Waals surface area contributed by atoms with Gasteiger partial charge in [0, 0.05) is 5.69 Å². The van der Waals surface area contributed by atoms with E-state index < -0.39 is 18.1 Å². The molecule has 0 spiro atoms. The van der Waals surface area contributed by atoms with Crippen LogP contribution in [0.5, 0.6) is 0 Å². The zero-order chi connectivity index (χ0) is 13.3. The molecule has 1 atom stereocenters. The van der Waals surface area contributed by atoms with Crippen LogP contribution >= 0.6 is 0 Å². The lowest BCUT2D eigenvalue weighted by Crippen LogP contribution is -2.40. The molecular formula is C12H13F3N2O. The number of hydrogen-bond acceptors (Lipinski definition) is 2. The molecule has 1 unspecified atom stereocenters. The minimum atomic E-state index is -4.84. The number of rotatable bonds is 1. The number of fused-ring (bicyclic) bond motifs is 1. The van der Waals surface area contributed by atoms with Gasteiger partial charge in [0.05, 0.1) is 6.04 Å². The lowest BCUT2D eigenvalue weighted by atomic mass is 9.87. The number of nitrogens with two attached hydrogens (primary N) is 1. The summed E-state index contributed by atoms with van der Waals surface area (Å²) in [5.74, 6) is -1.89. The molecule has 6 heteroatoms. The highest BCUT2D eigenvalue weighted by Gasteiger charge is 2.40. The lowest BCUT2D eigenvalue weighted by molar-refractivity contribution is -0.174. The smallest absolute Gasteiger partial charge is 0.399 e. The second kappa shape index (κ2) is 4.51. The molecule has 2 rings (SSSR count). The van der Waals surface area contributed by atoms with Crippen LogP contribution in [0.3, 0.4) is 0 Å². The first-order chi connectivity index (χ1) is 8.38. The van der Waals surface area contributed by atoms with Gasteiger partial charge in [-0.25, -0.2) is 0 Å². The van der Waals surface area contributed by atoms with E-state index in [-0.39, 0.29) is 0 Å². The number of anilines is 1. The van der Waals surface area contributed by atoms with Gasteiger partial charge >= 0.3 is 12.1 Å². The van der Waals surface area contributed by atoms with Gasteiger partial charge in [0.2, 0.25) is 0 Å². The van der Waals surface area contributed by atoms with Crippen molar-refractivity contribution in [2.75, 3.05) is 5.73 Å². The van der Waals surface area contributed by atoms with E-state index in [1.165, 1.54) is 0 Å². The van der Waals surface area contributed by atoms with Crippen molar-refractivity contribution in [3.05, 3.63) is 29.3 Å². The summed E-state index contributed by atoms with van der Waals surface area (Å²) in [7, 11) is 0. The summed E-state index contributed by atoms with van der Waals surface area (Å²) in [6.45, 7) is 0. The molecule has 3 nitrogen and oxygen atoms in total. The Morgan fingerprint density at radius 2 is 2.11 bits per heavy atom. The molecule has 0 heterocycles. The number of halogens is 3. The molecule has 0 fully saturated rings. The number of benzene rings is 1. The van der Waals surface area contributed by atoms with Gasteiger partial charge in [-0.3, -0.25) is 4.79 Å². The van der Waals surface area contributed by atoms with Crippen molar-refractivity contribution < 1.29 is 18.0 Å². The van der Waals surface area contributed by atoms with E-state index in [0.29, 0.717) is 12.1 Å². The minimum Gasteiger partial charge on any atom is -0.399 e. The Kier molecular flexibility index (Phi) is 3.19. The second-order valence-electron chi connectivity index (χ2n) is 4.37. The van der Waals surface area contributed by atoms with Crippen molar-refractivity contribution in [3.8, 4) is 0 Å². The Morgan fingerprint density at radius 1 is 1.39 bits per heavy atom. The maximum Gasteiger partial charge on any atom is 0.471 e. The van der Waals surface area contributed by atoms with Crippen molar-refractivity contribution in [2.24, 2.45) is 0 Å². The standard InChI is InChI=1S/C12H13F3N2O/c13-12(14,15)11(18)17-10-3-1-2-7-6-8(16)4-5-9(7)10/h4-6,10H,1-3,16H2,(H,17,18). The maximum absolute atomic E-state index is 12.2. The molecule has 18 heavy (non-hydrogen) atoms. The van der Waals surface area contributed by atoms with Gasteiger partial charge in [-0.05, 0) is 42.5 Å². The zero-order valence-corrected chi connectivity index (χ0v) is 9.55. The molecule has 1 aliphatic carbocycles. The summed E-state index contributed by atoms with van der Waals surface area (Å²) >= 11 is 0. The minimum absolute atomic E-state index is 0.513. The average Bonchev–Trinajstić information content (AvgIpc) is 2.27. The number of aryl methyl sites for hydroxylation is 1. The number of carbonyl (C=O) groups is 1. The summed E-state index contributed by atoms with van der Waals surface area (Å²) in [4.78, 5) is 10.9. The maximum atomic E-state index is 12.2. The van der Waals surface area contributed by atoms with Crippen LogP contribution in [0, 0.1) is 0 Å². The molecule has 0 aromatic heterocycles. The van der Waals surface area contributed by atoms with E-state index in [4.69, 9.17) is 5.73 Å². The number of nitrogens with one attached hydrogen (secondary N) is 1. The van der Waals surface area contributed by atoms with Gasteiger partial charge in [-0.1, -0.05) is 6.07 Å². The molecule has 1 aliphatic rings. The fraction of sp³-hybridized carbons (Fsp3) is 0.417. The van der Waals surface area contributed by atoms with E-state index in [0.717, 1.165) is 24.0 Å². The van der Waals surface area contributed by atoms with E-state index in [1.54, 1.807) is 18.2 Å². The van der Waals surface area contributed by atoms with Gasteiger partial charge in [0.25, 0.3) is 0 Å². The highest BCUT2D eigenvalue weighted by atomic mass is 19.4. The predicted molar refractivity (Wildman–Crippen MR) is 60.7 cm³/mol. The van der Waals surface area contributed by atoms with Crippen LogP contribution in [-0.4, -0.2) is 12.1 Å². The van der Waals surface area contributed by atoms with Crippen molar-refractivity contribution in [3.63, 3.8) is 0 Å². The summed E-state index contributed by atoms with van der Waals surface area (Å²) in [6, 6.07) is 4.49. The summed E-state index contributed by atoms with van der Waals surface area (Å²) < 4.78 is 36.6.